The summed E-state index contributed by atoms with van der Waals surface area (Å²) in [5, 5.41) is 8.90. The van der Waals surface area contributed by atoms with Crippen LogP contribution in [0.2, 0.25) is 0 Å². The molecule has 0 fully saturated rings. The smallest absolute Gasteiger partial charge is 0.186 e. The number of benzene rings is 1. The third kappa shape index (κ3) is 6.08. The van der Waals surface area contributed by atoms with E-state index in [1.54, 1.807) is 24.0 Å². The number of ether oxygens (including phenoxy) is 1. The minimum atomic E-state index is -0.144. The number of hydrogen-bond acceptors (Lipinski definition) is 6. The number of carbonyl (C=O) groups excluding carboxylic acids is 1. The highest BCUT2D eigenvalue weighted by atomic mass is 32.2. The number of aryl methyl sites for hydroxylation is 1. The molecule has 1 aromatic heterocycles. The fourth-order valence-corrected chi connectivity index (χ4v) is 5.30. The molecule has 1 N–H and O–H groups in total. The molecule has 1 aliphatic rings. The third-order valence-electron chi connectivity index (χ3n) is 5.30. The number of aromatic nitrogens is 1. The van der Waals surface area contributed by atoms with E-state index in [-0.39, 0.29) is 22.8 Å². The van der Waals surface area contributed by atoms with Crippen molar-refractivity contribution in [2.45, 2.75) is 44.2 Å². The Morgan fingerprint density at radius 2 is 2.06 bits per heavy atom. The highest BCUT2D eigenvalue weighted by molar-refractivity contribution is 8.01. The fraction of sp³-hybridized carbons (Fsp3) is 0.346. The minimum absolute atomic E-state index is 0.0187. The maximum absolute atomic E-state index is 12.9. The number of thiazole rings is 1. The summed E-state index contributed by atoms with van der Waals surface area (Å²) in [4.78, 5) is 17.3. The molecule has 1 aromatic carbocycles. The Bertz CT molecular complexity index is 1060. The van der Waals surface area contributed by atoms with Crippen molar-refractivity contribution in [2.75, 3.05) is 5.75 Å². The van der Waals surface area contributed by atoms with Gasteiger partial charge in [-0.1, -0.05) is 64.3 Å². The van der Waals surface area contributed by atoms with Gasteiger partial charge in [0.05, 0.1) is 16.2 Å². The average molecular weight is 467 g/mol. The molecule has 4 nitrogen and oxygen atoms in total. The van der Waals surface area contributed by atoms with Crippen LogP contribution >= 0.6 is 23.1 Å². The third-order valence-corrected chi connectivity index (χ3v) is 7.57. The largest absolute Gasteiger partial charge is 0.465 e. The summed E-state index contributed by atoms with van der Waals surface area (Å²) in [6.45, 7) is 14.0. The van der Waals surface area contributed by atoms with Crippen molar-refractivity contribution in [3.8, 4) is 0 Å². The monoisotopic (exact) mass is 466 g/mol. The van der Waals surface area contributed by atoms with E-state index in [0.717, 1.165) is 22.8 Å². The number of ketones is 1. The first-order valence-corrected chi connectivity index (χ1v) is 12.5. The van der Waals surface area contributed by atoms with Gasteiger partial charge in [-0.15, -0.1) is 23.1 Å². The van der Waals surface area contributed by atoms with Gasteiger partial charge in [-0.05, 0) is 36.5 Å². The van der Waals surface area contributed by atoms with Crippen molar-refractivity contribution >= 4 is 34.6 Å². The van der Waals surface area contributed by atoms with E-state index < -0.39 is 0 Å². The minimum Gasteiger partial charge on any atom is -0.465 e. The molecule has 3 rings (SSSR count). The van der Waals surface area contributed by atoms with Gasteiger partial charge in [-0.25, -0.2) is 4.98 Å². The van der Waals surface area contributed by atoms with Crippen LogP contribution in [0.1, 0.15) is 43.3 Å². The normalized spacial score (nSPS) is 16.2. The van der Waals surface area contributed by atoms with Gasteiger partial charge in [0, 0.05) is 11.3 Å². The predicted molar refractivity (Wildman–Crippen MR) is 135 cm³/mol. The van der Waals surface area contributed by atoms with Crippen LogP contribution in [0.3, 0.4) is 0 Å². The van der Waals surface area contributed by atoms with Crippen LogP contribution in [0.25, 0.3) is 0 Å². The lowest BCUT2D eigenvalue weighted by Crippen LogP contribution is -2.28. The molecule has 1 atom stereocenters. The summed E-state index contributed by atoms with van der Waals surface area (Å²) >= 11 is 2.92. The summed E-state index contributed by atoms with van der Waals surface area (Å²) in [6.07, 6.45) is 7.67. The molecule has 32 heavy (non-hydrogen) atoms. The summed E-state index contributed by atoms with van der Waals surface area (Å²) in [5.41, 5.74) is 2.41. The van der Waals surface area contributed by atoms with Crippen LogP contribution in [0.5, 0.6) is 0 Å². The highest BCUT2D eigenvalue weighted by Gasteiger charge is 2.29. The van der Waals surface area contributed by atoms with Crippen LogP contribution in [0.4, 0.5) is 0 Å². The molecule has 0 radical (unpaired) electrons. The van der Waals surface area contributed by atoms with Crippen LogP contribution in [0.15, 0.2) is 71.5 Å². The number of hydrogen-bond donors (Lipinski definition) is 1. The lowest BCUT2D eigenvalue weighted by molar-refractivity contribution is -0.116. The van der Waals surface area contributed by atoms with Gasteiger partial charge < -0.3 is 4.74 Å². The first-order valence-electron chi connectivity index (χ1n) is 10.7. The fourth-order valence-electron chi connectivity index (χ4n) is 3.55. The van der Waals surface area contributed by atoms with Crippen molar-refractivity contribution in [1.82, 2.24) is 4.98 Å². The number of rotatable bonds is 9. The topological polar surface area (TPSA) is 63.0 Å². The summed E-state index contributed by atoms with van der Waals surface area (Å²) in [5.74, 6) is 1.76. The summed E-state index contributed by atoms with van der Waals surface area (Å²) < 4.78 is 6.87. The van der Waals surface area contributed by atoms with Gasteiger partial charge in [-0.3, -0.25) is 10.2 Å². The maximum Gasteiger partial charge on any atom is 0.186 e. The van der Waals surface area contributed by atoms with Crippen LogP contribution in [-0.4, -0.2) is 22.2 Å². The summed E-state index contributed by atoms with van der Waals surface area (Å²) in [7, 11) is 0. The van der Waals surface area contributed by atoms with E-state index in [1.807, 2.05) is 18.2 Å². The Morgan fingerprint density at radius 1 is 1.34 bits per heavy atom. The van der Waals surface area contributed by atoms with Crippen molar-refractivity contribution in [2.24, 2.45) is 11.3 Å². The van der Waals surface area contributed by atoms with Gasteiger partial charge in [-0.2, -0.15) is 0 Å². The molecule has 0 aliphatic heterocycles. The van der Waals surface area contributed by atoms with Crippen molar-refractivity contribution in [3.05, 3.63) is 83.4 Å². The predicted octanol–water partition coefficient (Wildman–Crippen LogP) is 6.62. The van der Waals surface area contributed by atoms with Gasteiger partial charge >= 0.3 is 0 Å². The second-order valence-corrected chi connectivity index (χ2v) is 11.2. The molecular formula is C26H30N2O2S2. The van der Waals surface area contributed by atoms with Gasteiger partial charge in [0.25, 0.3) is 0 Å². The Balaban J connectivity index is 1.57. The first kappa shape index (κ1) is 24.2. The van der Waals surface area contributed by atoms with Crippen molar-refractivity contribution in [3.63, 3.8) is 0 Å². The van der Waals surface area contributed by atoms with Crippen molar-refractivity contribution < 1.29 is 9.53 Å². The number of nitrogens with one attached hydrogen (secondary N) is 1. The van der Waals surface area contributed by atoms with E-state index in [9.17, 15) is 4.79 Å². The van der Waals surface area contributed by atoms with E-state index >= 15 is 0 Å². The zero-order valence-electron chi connectivity index (χ0n) is 18.9. The van der Waals surface area contributed by atoms with Gasteiger partial charge in [0.1, 0.15) is 22.2 Å². The number of fused-ring (bicyclic) bond motifs is 1. The maximum atomic E-state index is 12.9. The zero-order chi connectivity index (χ0) is 23.3. The lowest BCUT2D eigenvalue weighted by atomic mass is 9.81. The molecule has 6 heteroatoms. The SMILES string of the molecule is C=C/C=C(\OC(=C)CSc1cnc(C(=N)C(=O)C2CCc3ccccc3C2)s1)C(C)(C)C. The molecule has 1 unspecified atom stereocenters. The second-order valence-electron chi connectivity index (χ2n) is 8.88. The van der Waals surface area contributed by atoms with Crippen LogP contribution in [-0.2, 0) is 22.4 Å². The highest BCUT2D eigenvalue weighted by Crippen LogP contribution is 2.32. The van der Waals surface area contributed by atoms with Crippen LogP contribution in [0, 0.1) is 16.7 Å². The number of nitrogens with zero attached hydrogens (tertiary/aromatic N) is 1. The van der Waals surface area contributed by atoms with E-state index in [1.165, 1.54) is 22.5 Å². The van der Waals surface area contributed by atoms with Crippen molar-refractivity contribution in [1.29, 1.82) is 5.41 Å². The van der Waals surface area contributed by atoms with E-state index in [0.29, 0.717) is 22.9 Å². The number of carbonyl (C=O) groups is 1. The molecular weight excluding hydrogens is 436 g/mol. The molecule has 0 bridgehead atoms. The Hall–Kier alpha value is -2.44. The lowest BCUT2D eigenvalue weighted by Gasteiger charge is -2.23. The van der Waals surface area contributed by atoms with E-state index in [4.69, 9.17) is 10.1 Å². The molecule has 2 aromatic rings. The number of allylic oxidation sites excluding steroid dienone is 3. The quantitative estimate of drug-likeness (QED) is 0.195. The Morgan fingerprint density at radius 3 is 2.75 bits per heavy atom. The molecule has 1 aliphatic carbocycles. The molecule has 1 heterocycles. The number of thioether (sulfide) groups is 1. The second kappa shape index (κ2) is 10.5. The zero-order valence-corrected chi connectivity index (χ0v) is 20.6. The van der Waals surface area contributed by atoms with Gasteiger partial charge in [0.2, 0.25) is 0 Å². The average Bonchev–Trinajstić information content (AvgIpc) is 3.24. The number of Topliss-reactive ketones (excluding diaryl/α,β-unsaturated/α-hetero) is 1. The van der Waals surface area contributed by atoms with E-state index in [2.05, 4.69) is 51.0 Å². The molecule has 0 amide bonds. The van der Waals surface area contributed by atoms with Gasteiger partial charge in [0.15, 0.2) is 5.78 Å². The molecule has 0 saturated heterocycles. The Labute approximate surface area is 199 Å². The standard InChI is InChI=1S/C26H30N2O2S2/c1-6-9-21(26(3,4)5)30-17(2)16-31-22-15-28-25(32-22)23(27)24(29)20-13-12-18-10-7-8-11-19(18)14-20/h6-11,15,20,27H,1-2,12-14,16H2,3-5H3/b21-9-,27-23?. The van der Waals surface area contributed by atoms with Crippen LogP contribution < -0.4 is 0 Å². The molecule has 0 spiro atoms. The summed E-state index contributed by atoms with van der Waals surface area (Å²) in [6, 6.07) is 8.26. The first-order chi connectivity index (χ1) is 15.2. The molecule has 0 saturated carbocycles. The molecule has 168 valence electrons. The Kier molecular flexibility index (Phi) is 7.91.